The van der Waals surface area contributed by atoms with Crippen molar-refractivity contribution in [3.8, 4) is 0 Å². The third-order valence-corrected chi connectivity index (χ3v) is 4.57. The van der Waals surface area contributed by atoms with E-state index in [1.807, 2.05) is 0 Å². The standard InChI is InChI=1S/C12H16BrNS/c13-11-5-3-10(4-6-11)8-14-9-12-2-1-7-15-12/h3-6,12,14H,1-2,7-9H2. The lowest BCUT2D eigenvalue weighted by atomic mass is 10.2. The fourth-order valence-corrected chi connectivity index (χ4v) is 3.29. The van der Waals surface area contributed by atoms with Crippen LogP contribution in [0.2, 0.25) is 0 Å². The van der Waals surface area contributed by atoms with Gasteiger partial charge in [-0.3, -0.25) is 0 Å². The Morgan fingerprint density at radius 1 is 1.33 bits per heavy atom. The zero-order valence-electron chi connectivity index (χ0n) is 8.71. The highest BCUT2D eigenvalue weighted by molar-refractivity contribution is 9.10. The van der Waals surface area contributed by atoms with Crippen molar-refractivity contribution in [3.63, 3.8) is 0 Å². The van der Waals surface area contributed by atoms with Crippen molar-refractivity contribution in [3.05, 3.63) is 34.3 Å². The van der Waals surface area contributed by atoms with Gasteiger partial charge in [0.2, 0.25) is 0 Å². The van der Waals surface area contributed by atoms with Crippen LogP contribution in [-0.2, 0) is 6.54 Å². The maximum Gasteiger partial charge on any atom is 0.0205 e. The van der Waals surface area contributed by atoms with E-state index in [4.69, 9.17) is 0 Å². The molecule has 0 spiro atoms. The number of hydrogen-bond acceptors (Lipinski definition) is 2. The van der Waals surface area contributed by atoms with Gasteiger partial charge in [0, 0.05) is 22.8 Å². The second-order valence-electron chi connectivity index (χ2n) is 3.89. The molecule has 1 atom stereocenters. The van der Waals surface area contributed by atoms with E-state index in [1.165, 1.54) is 24.2 Å². The van der Waals surface area contributed by atoms with Crippen molar-refractivity contribution in [1.29, 1.82) is 0 Å². The molecule has 1 heterocycles. The van der Waals surface area contributed by atoms with Gasteiger partial charge in [-0.1, -0.05) is 28.1 Å². The predicted octanol–water partition coefficient (Wildman–Crippen LogP) is 3.43. The van der Waals surface area contributed by atoms with E-state index < -0.39 is 0 Å². The van der Waals surface area contributed by atoms with E-state index in [1.54, 1.807) is 0 Å². The molecule has 0 amide bonds. The third-order valence-electron chi connectivity index (χ3n) is 2.64. The summed E-state index contributed by atoms with van der Waals surface area (Å²) in [5.74, 6) is 1.35. The molecule has 1 N–H and O–H groups in total. The van der Waals surface area contributed by atoms with E-state index in [0.717, 1.165) is 22.8 Å². The first-order valence-corrected chi connectivity index (χ1v) is 7.25. The molecule has 1 aromatic carbocycles. The van der Waals surface area contributed by atoms with Gasteiger partial charge in [-0.2, -0.15) is 11.8 Å². The highest BCUT2D eigenvalue weighted by Gasteiger charge is 2.14. The molecule has 1 aliphatic rings. The molecule has 0 radical (unpaired) electrons. The van der Waals surface area contributed by atoms with Gasteiger partial charge >= 0.3 is 0 Å². The molecule has 82 valence electrons. The van der Waals surface area contributed by atoms with Gasteiger partial charge in [0.15, 0.2) is 0 Å². The Morgan fingerprint density at radius 3 is 2.80 bits per heavy atom. The summed E-state index contributed by atoms with van der Waals surface area (Å²) in [4.78, 5) is 0. The summed E-state index contributed by atoms with van der Waals surface area (Å²) < 4.78 is 1.15. The molecule has 2 rings (SSSR count). The molecule has 0 aromatic heterocycles. The molecular formula is C12H16BrNS. The highest BCUT2D eigenvalue weighted by Crippen LogP contribution is 2.25. The van der Waals surface area contributed by atoms with Crippen LogP contribution < -0.4 is 5.32 Å². The van der Waals surface area contributed by atoms with Crippen LogP contribution in [0, 0.1) is 0 Å². The molecule has 15 heavy (non-hydrogen) atoms. The molecule has 3 heteroatoms. The van der Waals surface area contributed by atoms with Gasteiger partial charge in [0.05, 0.1) is 0 Å². The molecule has 1 fully saturated rings. The summed E-state index contributed by atoms with van der Waals surface area (Å²) in [6.07, 6.45) is 2.79. The Balaban J connectivity index is 1.71. The van der Waals surface area contributed by atoms with E-state index in [9.17, 15) is 0 Å². The van der Waals surface area contributed by atoms with Crippen LogP contribution in [0.3, 0.4) is 0 Å². The van der Waals surface area contributed by atoms with Gasteiger partial charge in [-0.15, -0.1) is 0 Å². The number of nitrogens with one attached hydrogen (secondary N) is 1. The molecular weight excluding hydrogens is 270 g/mol. The quantitative estimate of drug-likeness (QED) is 0.910. The first-order valence-electron chi connectivity index (χ1n) is 5.41. The van der Waals surface area contributed by atoms with Crippen molar-refractivity contribution >= 4 is 27.7 Å². The minimum atomic E-state index is 0.848. The SMILES string of the molecule is Brc1ccc(CNCC2CCCS2)cc1. The first kappa shape index (κ1) is 11.5. The van der Waals surface area contributed by atoms with Gasteiger partial charge in [0.1, 0.15) is 0 Å². The maximum absolute atomic E-state index is 3.53. The van der Waals surface area contributed by atoms with Crippen molar-refractivity contribution in [2.75, 3.05) is 12.3 Å². The van der Waals surface area contributed by atoms with Gasteiger partial charge in [0.25, 0.3) is 0 Å². The average Bonchev–Trinajstić information content (AvgIpc) is 2.74. The minimum absolute atomic E-state index is 0.848. The Hall–Kier alpha value is 0.01000. The van der Waals surface area contributed by atoms with Crippen LogP contribution in [0.25, 0.3) is 0 Å². The summed E-state index contributed by atoms with van der Waals surface area (Å²) >= 11 is 5.55. The van der Waals surface area contributed by atoms with Gasteiger partial charge in [-0.25, -0.2) is 0 Å². The summed E-state index contributed by atoms with van der Waals surface area (Å²) in [5, 5.41) is 4.37. The number of hydrogen-bond donors (Lipinski definition) is 1. The van der Waals surface area contributed by atoms with E-state index >= 15 is 0 Å². The number of thioether (sulfide) groups is 1. The summed E-state index contributed by atoms with van der Waals surface area (Å²) in [7, 11) is 0. The molecule has 0 saturated carbocycles. The Labute approximate surface area is 104 Å². The van der Waals surface area contributed by atoms with Gasteiger partial charge in [-0.05, 0) is 36.3 Å². The van der Waals surface area contributed by atoms with Crippen LogP contribution in [0.1, 0.15) is 18.4 Å². The van der Waals surface area contributed by atoms with Crippen LogP contribution in [0.15, 0.2) is 28.7 Å². The van der Waals surface area contributed by atoms with Crippen molar-refractivity contribution in [1.82, 2.24) is 5.32 Å². The maximum atomic E-state index is 3.53. The normalized spacial score (nSPS) is 20.7. The lowest BCUT2D eigenvalue weighted by molar-refractivity contribution is 0.646. The second-order valence-corrected chi connectivity index (χ2v) is 6.22. The third kappa shape index (κ3) is 3.82. The Bertz CT molecular complexity index is 293. The van der Waals surface area contributed by atoms with E-state index in [-0.39, 0.29) is 0 Å². The molecule has 0 aliphatic carbocycles. The topological polar surface area (TPSA) is 12.0 Å². The second kappa shape index (κ2) is 5.92. The average molecular weight is 286 g/mol. The smallest absolute Gasteiger partial charge is 0.0205 e. The number of rotatable bonds is 4. The Morgan fingerprint density at radius 2 is 2.13 bits per heavy atom. The monoisotopic (exact) mass is 285 g/mol. The molecule has 1 nitrogen and oxygen atoms in total. The fraction of sp³-hybridized carbons (Fsp3) is 0.500. The number of halogens is 1. The Kier molecular flexibility index (Phi) is 4.54. The molecule has 1 aliphatic heterocycles. The van der Waals surface area contributed by atoms with Crippen molar-refractivity contribution in [2.24, 2.45) is 0 Å². The minimum Gasteiger partial charge on any atom is -0.312 e. The predicted molar refractivity (Wildman–Crippen MR) is 71.3 cm³/mol. The molecule has 1 aromatic rings. The first-order chi connectivity index (χ1) is 7.34. The zero-order valence-corrected chi connectivity index (χ0v) is 11.1. The zero-order chi connectivity index (χ0) is 10.5. The summed E-state index contributed by atoms with van der Waals surface area (Å²) in [6.45, 7) is 2.14. The number of benzene rings is 1. The fourth-order valence-electron chi connectivity index (χ4n) is 1.79. The summed E-state index contributed by atoms with van der Waals surface area (Å²) in [6, 6.07) is 8.53. The molecule has 1 unspecified atom stereocenters. The lowest BCUT2D eigenvalue weighted by Gasteiger charge is -2.09. The largest absolute Gasteiger partial charge is 0.312 e. The van der Waals surface area contributed by atoms with Crippen LogP contribution in [-0.4, -0.2) is 17.5 Å². The van der Waals surface area contributed by atoms with E-state index in [2.05, 4.69) is 57.3 Å². The molecule has 1 saturated heterocycles. The van der Waals surface area contributed by atoms with Crippen LogP contribution >= 0.6 is 27.7 Å². The van der Waals surface area contributed by atoms with Gasteiger partial charge < -0.3 is 5.32 Å². The van der Waals surface area contributed by atoms with Crippen LogP contribution in [0.5, 0.6) is 0 Å². The highest BCUT2D eigenvalue weighted by atomic mass is 79.9. The molecule has 0 bridgehead atoms. The van der Waals surface area contributed by atoms with Crippen molar-refractivity contribution in [2.45, 2.75) is 24.6 Å². The summed E-state index contributed by atoms with van der Waals surface area (Å²) in [5.41, 5.74) is 1.36. The lowest BCUT2D eigenvalue weighted by Crippen LogP contribution is -2.22. The van der Waals surface area contributed by atoms with Crippen LogP contribution in [0.4, 0.5) is 0 Å². The van der Waals surface area contributed by atoms with Crippen molar-refractivity contribution < 1.29 is 0 Å². The van der Waals surface area contributed by atoms with E-state index in [0.29, 0.717) is 0 Å².